The molecule has 0 aliphatic heterocycles. The highest BCUT2D eigenvalue weighted by Gasteiger charge is 2.18. The third-order valence-corrected chi connectivity index (χ3v) is 5.82. The van der Waals surface area contributed by atoms with Crippen LogP contribution in [-0.2, 0) is 14.8 Å². The minimum Gasteiger partial charge on any atom is -0.484 e. The lowest BCUT2D eigenvalue weighted by atomic mass is 10.2. The van der Waals surface area contributed by atoms with E-state index in [1.54, 1.807) is 18.2 Å². The van der Waals surface area contributed by atoms with Gasteiger partial charge in [-0.05, 0) is 55.0 Å². The van der Waals surface area contributed by atoms with Gasteiger partial charge in [-0.3, -0.25) is 9.52 Å². The van der Waals surface area contributed by atoms with Gasteiger partial charge in [0.15, 0.2) is 6.61 Å². The van der Waals surface area contributed by atoms with E-state index in [1.807, 2.05) is 6.92 Å². The summed E-state index contributed by atoms with van der Waals surface area (Å²) in [4.78, 5) is 19.9. The van der Waals surface area contributed by atoms with Gasteiger partial charge in [-0.25, -0.2) is 18.4 Å². The van der Waals surface area contributed by atoms with Gasteiger partial charge >= 0.3 is 0 Å². The summed E-state index contributed by atoms with van der Waals surface area (Å²) in [6, 6.07) is 10.7. The molecule has 31 heavy (non-hydrogen) atoms. The van der Waals surface area contributed by atoms with Crippen molar-refractivity contribution in [2.45, 2.75) is 11.8 Å². The number of nitrogens with zero attached hydrogens (tertiary/aromatic N) is 2. The Labute approximate surface area is 184 Å². The molecule has 0 aliphatic rings. The molecule has 3 rings (SSSR count). The van der Waals surface area contributed by atoms with Crippen molar-refractivity contribution in [2.75, 3.05) is 23.8 Å². The fourth-order valence-electron chi connectivity index (χ4n) is 2.50. The molecule has 0 radical (unpaired) electrons. The molecule has 9 nitrogen and oxygen atoms in total. The van der Waals surface area contributed by atoms with E-state index in [9.17, 15) is 13.2 Å². The first-order valence-corrected chi connectivity index (χ1v) is 10.8. The summed E-state index contributed by atoms with van der Waals surface area (Å²) in [7, 11) is -2.57. The second-order valence-corrected chi connectivity index (χ2v) is 8.38. The lowest BCUT2D eigenvalue weighted by molar-refractivity contribution is -0.118. The number of amides is 1. The quantitative estimate of drug-likeness (QED) is 0.527. The molecule has 0 saturated carbocycles. The van der Waals surface area contributed by atoms with Crippen LogP contribution in [0.15, 0.2) is 59.8 Å². The van der Waals surface area contributed by atoms with Crippen molar-refractivity contribution in [2.24, 2.45) is 0 Å². The number of hydrogen-bond donors (Lipinski definition) is 2. The molecule has 0 unspecified atom stereocenters. The number of carbonyl (C=O) groups excluding carboxylic acids is 1. The summed E-state index contributed by atoms with van der Waals surface area (Å²) in [6.07, 6.45) is 2.72. The van der Waals surface area contributed by atoms with Gasteiger partial charge in [-0.2, -0.15) is 0 Å². The molecule has 0 saturated heterocycles. The zero-order valence-corrected chi connectivity index (χ0v) is 18.2. The average Bonchev–Trinajstić information content (AvgIpc) is 2.75. The number of benzene rings is 2. The molecule has 0 aliphatic carbocycles. The molecule has 2 aromatic carbocycles. The molecule has 2 N–H and O–H groups in total. The van der Waals surface area contributed by atoms with Crippen LogP contribution in [-0.4, -0.2) is 38.0 Å². The Morgan fingerprint density at radius 2 is 1.81 bits per heavy atom. The highest BCUT2D eigenvalue weighted by atomic mass is 35.5. The molecule has 162 valence electrons. The number of sulfonamides is 1. The SMILES string of the molecule is COc1nccnc1NS(=O)(=O)c1ccc(NC(=O)COc2ccc(Cl)c(C)c2)cc1. The van der Waals surface area contributed by atoms with Crippen molar-refractivity contribution in [1.29, 1.82) is 0 Å². The smallest absolute Gasteiger partial charge is 0.263 e. The van der Waals surface area contributed by atoms with Crippen LogP contribution in [0.3, 0.4) is 0 Å². The van der Waals surface area contributed by atoms with Crippen LogP contribution in [0.25, 0.3) is 0 Å². The standard InChI is InChI=1S/C20H19ClN4O5S/c1-13-11-15(5-8-17(13)21)30-12-18(26)24-14-3-6-16(7-4-14)31(27,28)25-19-20(29-2)23-10-9-22-19/h3-11H,12H2,1-2H3,(H,22,25)(H,24,26). The van der Waals surface area contributed by atoms with E-state index in [1.165, 1.54) is 43.8 Å². The fraction of sp³-hybridized carbons (Fsp3) is 0.150. The lowest BCUT2D eigenvalue weighted by Crippen LogP contribution is -2.20. The van der Waals surface area contributed by atoms with Crippen molar-refractivity contribution < 1.29 is 22.7 Å². The van der Waals surface area contributed by atoms with Crippen LogP contribution in [0, 0.1) is 6.92 Å². The largest absolute Gasteiger partial charge is 0.484 e. The summed E-state index contributed by atoms with van der Waals surface area (Å²) < 4.78 is 37.9. The zero-order valence-electron chi connectivity index (χ0n) is 16.6. The number of ether oxygens (including phenoxy) is 2. The maximum atomic E-state index is 12.6. The van der Waals surface area contributed by atoms with E-state index < -0.39 is 15.9 Å². The van der Waals surface area contributed by atoms with Crippen LogP contribution in [0.2, 0.25) is 5.02 Å². The first kappa shape index (κ1) is 22.3. The lowest BCUT2D eigenvalue weighted by Gasteiger charge is -2.11. The minimum atomic E-state index is -3.93. The van der Waals surface area contributed by atoms with E-state index in [0.717, 1.165) is 5.56 Å². The van der Waals surface area contributed by atoms with E-state index in [2.05, 4.69) is 20.0 Å². The van der Waals surface area contributed by atoms with E-state index in [0.29, 0.717) is 16.5 Å². The van der Waals surface area contributed by atoms with Crippen molar-refractivity contribution in [3.63, 3.8) is 0 Å². The molecule has 0 fully saturated rings. The van der Waals surface area contributed by atoms with Crippen molar-refractivity contribution in [3.8, 4) is 11.6 Å². The average molecular weight is 463 g/mol. The van der Waals surface area contributed by atoms with Gasteiger partial charge in [0, 0.05) is 23.1 Å². The fourth-order valence-corrected chi connectivity index (χ4v) is 3.63. The molecule has 1 heterocycles. The Hall–Kier alpha value is -3.37. The Balaban J connectivity index is 1.61. The molecule has 3 aromatic rings. The van der Waals surface area contributed by atoms with E-state index in [-0.39, 0.29) is 23.2 Å². The van der Waals surface area contributed by atoms with Gasteiger partial charge in [-0.15, -0.1) is 0 Å². The molecular weight excluding hydrogens is 444 g/mol. The monoisotopic (exact) mass is 462 g/mol. The predicted octanol–water partition coefficient (Wildman–Crippen LogP) is 3.27. The number of nitrogens with one attached hydrogen (secondary N) is 2. The van der Waals surface area contributed by atoms with Crippen LogP contribution >= 0.6 is 11.6 Å². The molecule has 1 aromatic heterocycles. The maximum Gasteiger partial charge on any atom is 0.263 e. The molecule has 0 bridgehead atoms. The first-order chi connectivity index (χ1) is 14.8. The number of carbonyl (C=O) groups is 1. The normalized spacial score (nSPS) is 10.9. The summed E-state index contributed by atoms with van der Waals surface area (Å²) in [5.74, 6) is 0.137. The van der Waals surface area contributed by atoms with Crippen LogP contribution in [0.5, 0.6) is 11.6 Å². The predicted molar refractivity (Wildman–Crippen MR) is 116 cm³/mol. The number of rotatable bonds is 8. The summed E-state index contributed by atoms with van der Waals surface area (Å²) in [6.45, 7) is 1.62. The molecular formula is C20H19ClN4O5S. The van der Waals surface area contributed by atoms with Gasteiger partial charge in [0.25, 0.3) is 21.8 Å². The Kier molecular flexibility index (Phi) is 6.93. The number of methoxy groups -OCH3 is 1. The van der Waals surface area contributed by atoms with Gasteiger partial charge in [0.1, 0.15) is 5.75 Å². The first-order valence-electron chi connectivity index (χ1n) is 8.95. The van der Waals surface area contributed by atoms with Crippen LogP contribution < -0.4 is 19.5 Å². The highest BCUT2D eigenvalue weighted by Crippen LogP contribution is 2.23. The van der Waals surface area contributed by atoms with Gasteiger partial charge < -0.3 is 14.8 Å². The van der Waals surface area contributed by atoms with Crippen molar-refractivity contribution >= 4 is 39.0 Å². The van der Waals surface area contributed by atoms with E-state index >= 15 is 0 Å². The second kappa shape index (κ2) is 9.63. The summed E-state index contributed by atoms with van der Waals surface area (Å²) >= 11 is 5.96. The molecule has 0 atom stereocenters. The molecule has 0 spiro atoms. The van der Waals surface area contributed by atoms with Crippen molar-refractivity contribution in [3.05, 3.63) is 65.4 Å². The molecule has 1 amide bonds. The highest BCUT2D eigenvalue weighted by molar-refractivity contribution is 7.92. The summed E-state index contributed by atoms with van der Waals surface area (Å²) in [5.41, 5.74) is 1.25. The zero-order chi connectivity index (χ0) is 22.4. The maximum absolute atomic E-state index is 12.6. The Bertz CT molecular complexity index is 1190. The Morgan fingerprint density at radius 1 is 1.10 bits per heavy atom. The van der Waals surface area contributed by atoms with E-state index in [4.69, 9.17) is 21.1 Å². The second-order valence-electron chi connectivity index (χ2n) is 6.29. The number of aromatic nitrogens is 2. The van der Waals surface area contributed by atoms with Gasteiger partial charge in [-0.1, -0.05) is 11.6 Å². The minimum absolute atomic E-state index is 0.0221. The topological polar surface area (TPSA) is 120 Å². The third-order valence-electron chi connectivity index (χ3n) is 4.04. The van der Waals surface area contributed by atoms with Crippen LogP contribution in [0.1, 0.15) is 5.56 Å². The van der Waals surface area contributed by atoms with Crippen molar-refractivity contribution in [1.82, 2.24) is 9.97 Å². The number of halogens is 1. The number of hydrogen-bond acceptors (Lipinski definition) is 7. The van der Waals surface area contributed by atoms with Gasteiger partial charge in [0.2, 0.25) is 5.82 Å². The Morgan fingerprint density at radius 3 is 2.48 bits per heavy atom. The van der Waals surface area contributed by atoms with Crippen LogP contribution in [0.4, 0.5) is 11.5 Å². The van der Waals surface area contributed by atoms with Gasteiger partial charge in [0.05, 0.1) is 12.0 Å². The third kappa shape index (κ3) is 5.83. The number of aryl methyl sites for hydroxylation is 1. The number of anilines is 2. The summed E-state index contributed by atoms with van der Waals surface area (Å²) in [5, 5.41) is 3.25. The molecule has 11 heteroatoms.